The molecule has 0 aliphatic heterocycles. The Labute approximate surface area is 117 Å². The van der Waals surface area contributed by atoms with Crippen molar-refractivity contribution >= 4 is 12.0 Å². The number of rotatable bonds is 4. The molecule has 0 saturated heterocycles. The fraction of sp³-hybridized carbons (Fsp3) is 0.188. The van der Waals surface area contributed by atoms with Gasteiger partial charge >= 0.3 is 0 Å². The van der Waals surface area contributed by atoms with E-state index in [-0.39, 0.29) is 17.8 Å². The zero-order valence-corrected chi connectivity index (χ0v) is 11.4. The monoisotopic (exact) mass is 273 g/mol. The van der Waals surface area contributed by atoms with Gasteiger partial charge in [0.25, 0.3) is 0 Å². The van der Waals surface area contributed by atoms with Crippen molar-refractivity contribution in [3.63, 3.8) is 0 Å². The van der Waals surface area contributed by atoms with E-state index >= 15 is 0 Å². The molecule has 1 heterocycles. The van der Waals surface area contributed by atoms with Crippen molar-refractivity contribution < 1.29 is 13.6 Å². The smallest absolute Gasteiger partial charge is 0.244 e. The van der Waals surface area contributed by atoms with Crippen LogP contribution in [0.1, 0.15) is 30.0 Å². The Kier molecular flexibility index (Phi) is 4.35. The summed E-state index contributed by atoms with van der Waals surface area (Å²) >= 11 is 0. The molecule has 1 N–H and O–H groups in total. The van der Waals surface area contributed by atoms with Crippen molar-refractivity contribution in [2.45, 2.75) is 19.9 Å². The van der Waals surface area contributed by atoms with Crippen molar-refractivity contribution in [2.24, 2.45) is 0 Å². The Balaban J connectivity index is 1.97. The number of benzene rings is 1. The van der Waals surface area contributed by atoms with Crippen LogP contribution in [0.3, 0.4) is 0 Å². The second kappa shape index (κ2) is 6.19. The quantitative estimate of drug-likeness (QED) is 0.864. The normalized spacial score (nSPS) is 12.6. The Morgan fingerprint density at radius 1 is 1.30 bits per heavy atom. The molecule has 0 bridgehead atoms. The van der Waals surface area contributed by atoms with E-state index in [2.05, 4.69) is 5.32 Å². The second-order valence-corrected chi connectivity index (χ2v) is 4.53. The minimum atomic E-state index is -0.355. The van der Waals surface area contributed by atoms with E-state index in [1.165, 1.54) is 18.2 Å². The molecule has 0 saturated carbocycles. The molecule has 104 valence electrons. The highest BCUT2D eigenvalue weighted by Gasteiger charge is 2.10. The number of carbonyl (C=O) groups is 1. The van der Waals surface area contributed by atoms with Crippen LogP contribution in [0.4, 0.5) is 4.39 Å². The van der Waals surface area contributed by atoms with E-state index in [0.717, 1.165) is 5.76 Å². The highest BCUT2D eigenvalue weighted by atomic mass is 19.1. The van der Waals surface area contributed by atoms with Crippen LogP contribution < -0.4 is 5.32 Å². The first-order chi connectivity index (χ1) is 9.56. The number of hydrogen-bond donors (Lipinski definition) is 1. The molecule has 0 fully saturated rings. The lowest BCUT2D eigenvalue weighted by atomic mass is 10.2. The van der Waals surface area contributed by atoms with Gasteiger partial charge in [-0.25, -0.2) is 4.39 Å². The van der Waals surface area contributed by atoms with Crippen molar-refractivity contribution in [3.05, 3.63) is 65.4 Å². The zero-order chi connectivity index (χ0) is 14.5. The van der Waals surface area contributed by atoms with Gasteiger partial charge in [-0.1, -0.05) is 18.2 Å². The lowest BCUT2D eigenvalue weighted by Crippen LogP contribution is -2.24. The van der Waals surface area contributed by atoms with Gasteiger partial charge in [0, 0.05) is 11.6 Å². The summed E-state index contributed by atoms with van der Waals surface area (Å²) in [5.41, 5.74) is 0.379. The van der Waals surface area contributed by atoms with E-state index in [1.807, 2.05) is 26.0 Å². The molecule has 0 spiro atoms. The van der Waals surface area contributed by atoms with Gasteiger partial charge in [-0.3, -0.25) is 4.79 Å². The van der Waals surface area contributed by atoms with Crippen molar-refractivity contribution in [3.8, 4) is 0 Å². The lowest BCUT2D eigenvalue weighted by Gasteiger charge is -2.09. The molecule has 0 radical (unpaired) electrons. The maximum absolute atomic E-state index is 13.4. The standard InChI is InChI=1S/C16H16FNO2/c1-11-7-9-15(20-11)12(2)18-16(19)10-8-13-5-3-4-6-14(13)17/h3-10,12H,1-2H3,(H,18,19)/b10-8+. The highest BCUT2D eigenvalue weighted by molar-refractivity contribution is 5.91. The third kappa shape index (κ3) is 3.57. The Morgan fingerprint density at radius 3 is 2.70 bits per heavy atom. The van der Waals surface area contributed by atoms with Crippen LogP contribution in [0.25, 0.3) is 6.08 Å². The fourth-order valence-electron chi connectivity index (χ4n) is 1.79. The summed E-state index contributed by atoms with van der Waals surface area (Å²) in [6, 6.07) is 9.71. The molecule has 2 rings (SSSR count). The molecule has 0 aliphatic rings. The highest BCUT2D eigenvalue weighted by Crippen LogP contribution is 2.15. The summed E-state index contributed by atoms with van der Waals surface area (Å²) in [6.07, 6.45) is 2.76. The van der Waals surface area contributed by atoms with Crippen LogP contribution in [0.2, 0.25) is 0 Å². The van der Waals surface area contributed by atoms with Gasteiger partial charge in [0.05, 0.1) is 6.04 Å². The van der Waals surface area contributed by atoms with Crippen molar-refractivity contribution in [2.75, 3.05) is 0 Å². The second-order valence-electron chi connectivity index (χ2n) is 4.53. The molecule has 1 atom stereocenters. The van der Waals surface area contributed by atoms with Crippen LogP contribution in [0.15, 0.2) is 46.9 Å². The van der Waals surface area contributed by atoms with E-state index < -0.39 is 0 Å². The molecule has 1 aromatic carbocycles. The summed E-state index contributed by atoms with van der Waals surface area (Å²) in [5, 5.41) is 2.76. The van der Waals surface area contributed by atoms with Crippen LogP contribution in [-0.4, -0.2) is 5.91 Å². The largest absolute Gasteiger partial charge is 0.464 e. The van der Waals surface area contributed by atoms with Crippen molar-refractivity contribution in [1.82, 2.24) is 5.32 Å². The van der Waals surface area contributed by atoms with Gasteiger partial charge in [-0.2, -0.15) is 0 Å². The molecule has 2 aromatic rings. The van der Waals surface area contributed by atoms with Crippen LogP contribution in [-0.2, 0) is 4.79 Å². The number of hydrogen-bond acceptors (Lipinski definition) is 2. The first-order valence-corrected chi connectivity index (χ1v) is 6.35. The topological polar surface area (TPSA) is 42.2 Å². The van der Waals surface area contributed by atoms with E-state index in [0.29, 0.717) is 11.3 Å². The lowest BCUT2D eigenvalue weighted by molar-refractivity contribution is -0.117. The third-order valence-electron chi connectivity index (χ3n) is 2.87. The van der Waals surface area contributed by atoms with Crippen LogP contribution in [0.5, 0.6) is 0 Å². The number of furan rings is 1. The number of carbonyl (C=O) groups excluding carboxylic acids is 1. The third-order valence-corrected chi connectivity index (χ3v) is 2.87. The fourth-order valence-corrected chi connectivity index (χ4v) is 1.79. The molecule has 20 heavy (non-hydrogen) atoms. The summed E-state index contributed by atoms with van der Waals surface area (Å²) in [5.74, 6) is 0.833. The van der Waals surface area contributed by atoms with Gasteiger partial charge in [0.1, 0.15) is 17.3 Å². The molecular weight excluding hydrogens is 257 g/mol. The SMILES string of the molecule is Cc1ccc(C(C)NC(=O)/C=C/c2ccccc2F)o1. The summed E-state index contributed by atoms with van der Waals surface area (Å²) in [7, 11) is 0. The molecule has 1 unspecified atom stereocenters. The van der Waals surface area contributed by atoms with E-state index in [4.69, 9.17) is 4.42 Å². The maximum Gasteiger partial charge on any atom is 0.244 e. The number of aryl methyl sites for hydroxylation is 1. The Hall–Kier alpha value is -2.36. The van der Waals surface area contributed by atoms with Crippen LogP contribution >= 0.6 is 0 Å². The summed E-state index contributed by atoms with van der Waals surface area (Å²) in [6.45, 7) is 3.67. The number of halogens is 1. The molecule has 4 heteroatoms. The summed E-state index contributed by atoms with van der Waals surface area (Å²) in [4.78, 5) is 11.8. The maximum atomic E-state index is 13.4. The molecular formula is C16H16FNO2. The van der Waals surface area contributed by atoms with Crippen molar-refractivity contribution in [1.29, 1.82) is 0 Å². The van der Waals surface area contributed by atoms with Gasteiger partial charge in [-0.05, 0) is 38.1 Å². The van der Waals surface area contributed by atoms with Gasteiger partial charge in [0.15, 0.2) is 0 Å². The Morgan fingerprint density at radius 2 is 2.05 bits per heavy atom. The number of amides is 1. The molecule has 3 nitrogen and oxygen atoms in total. The zero-order valence-electron chi connectivity index (χ0n) is 11.4. The van der Waals surface area contributed by atoms with Gasteiger partial charge in [-0.15, -0.1) is 0 Å². The minimum Gasteiger partial charge on any atom is -0.464 e. The summed E-state index contributed by atoms with van der Waals surface area (Å²) < 4.78 is 18.8. The molecule has 1 amide bonds. The molecule has 1 aromatic heterocycles. The predicted molar refractivity (Wildman–Crippen MR) is 75.4 cm³/mol. The van der Waals surface area contributed by atoms with Crippen LogP contribution in [0, 0.1) is 12.7 Å². The first-order valence-electron chi connectivity index (χ1n) is 6.35. The average molecular weight is 273 g/mol. The predicted octanol–water partition coefficient (Wildman–Crippen LogP) is 3.62. The Bertz CT molecular complexity index is 631. The van der Waals surface area contributed by atoms with E-state index in [9.17, 15) is 9.18 Å². The number of nitrogens with one attached hydrogen (secondary N) is 1. The minimum absolute atomic E-state index is 0.235. The van der Waals surface area contributed by atoms with Gasteiger partial charge in [0.2, 0.25) is 5.91 Å². The first kappa shape index (κ1) is 14.1. The van der Waals surface area contributed by atoms with Gasteiger partial charge < -0.3 is 9.73 Å². The average Bonchev–Trinajstić information content (AvgIpc) is 2.84. The van der Waals surface area contributed by atoms with E-state index in [1.54, 1.807) is 18.2 Å². The molecule has 0 aliphatic carbocycles.